The van der Waals surface area contributed by atoms with Crippen LogP contribution in [0.25, 0.3) is 0 Å². The molecule has 0 rings (SSSR count). The number of nitrogens with one attached hydrogen (secondary N) is 1. The average Bonchev–Trinajstić information content (AvgIpc) is 2.46. The lowest BCUT2D eigenvalue weighted by atomic mass is 10.1. The molecule has 21 heavy (non-hydrogen) atoms. The summed E-state index contributed by atoms with van der Waals surface area (Å²) in [6, 6.07) is 0. The first-order valence-corrected chi connectivity index (χ1v) is 8.06. The molecule has 0 saturated carbocycles. The maximum absolute atomic E-state index is 11.7. The highest BCUT2D eigenvalue weighted by Gasteiger charge is 2.23. The number of ether oxygens (including phenoxy) is 1. The zero-order valence-corrected chi connectivity index (χ0v) is 13.7. The molecule has 0 unspecified atom stereocenters. The molecule has 0 aliphatic rings. The highest BCUT2D eigenvalue weighted by atomic mass is 16.6. The molecule has 0 amide bonds. The number of unbranched alkanes of at least 4 members (excludes halogenated alkanes) is 5. The molecule has 0 saturated heterocycles. The summed E-state index contributed by atoms with van der Waals surface area (Å²) in [7, 11) is 1.75. The molecule has 0 aliphatic heterocycles. The predicted octanol–water partition coefficient (Wildman–Crippen LogP) is 2.21. The molecule has 0 spiro atoms. The van der Waals surface area contributed by atoms with Gasteiger partial charge in [-0.25, -0.2) is 4.79 Å². The molecule has 5 heteroatoms. The van der Waals surface area contributed by atoms with Gasteiger partial charge >= 0.3 is 5.97 Å². The second-order valence-corrected chi connectivity index (χ2v) is 5.50. The molecular formula is C16H31NO4. The van der Waals surface area contributed by atoms with Gasteiger partial charge in [0.15, 0.2) is 18.0 Å². The average molecular weight is 301 g/mol. The van der Waals surface area contributed by atoms with E-state index in [0.29, 0.717) is 13.0 Å². The third kappa shape index (κ3) is 10.4. The van der Waals surface area contributed by atoms with Crippen LogP contribution in [-0.4, -0.2) is 42.7 Å². The lowest BCUT2D eigenvalue weighted by molar-refractivity contribution is -0.163. The fourth-order valence-electron chi connectivity index (χ4n) is 2.07. The standard InChI is InChI=1S/C16H31NO4/c1-4-5-6-7-8-9-10-15(13(2)18)21-16(20)14(19)11-12-17-3/h14-15,17,19H,4-12H2,1-3H3/t14-,15-/m0/s1. The van der Waals surface area contributed by atoms with E-state index < -0.39 is 18.2 Å². The number of aliphatic hydroxyl groups excluding tert-OH is 1. The number of Topliss-reactive ketones (excluding diaryl/α,β-unsaturated/α-hetero) is 1. The summed E-state index contributed by atoms with van der Waals surface area (Å²) in [4.78, 5) is 23.2. The van der Waals surface area contributed by atoms with Crippen molar-refractivity contribution in [1.82, 2.24) is 5.32 Å². The van der Waals surface area contributed by atoms with Gasteiger partial charge in [0, 0.05) is 0 Å². The Kier molecular flexibility index (Phi) is 12.2. The van der Waals surface area contributed by atoms with E-state index in [4.69, 9.17) is 4.74 Å². The molecule has 0 heterocycles. The number of carbonyl (C=O) groups is 2. The molecule has 0 radical (unpaired) electrons. The Bertz CT molecular complexity index is 294. The summed E-state index contributed by atoms with van der Waals surface area (Å²) in [5, 5.41) is 12.5. The number of hydrogen-bond acceptors (Lipinski definition) is 5. The number of aliphatic hydroxyl groups is 1. The van der Waals surface area contributed by atoms with Gasteiger partial charge in [-0.05, 0) is 39.8 Å². The summed E-state index contributed by atoms with van der Waals surface area (Å²) in [6.45, 7) is 4.12. The summed E-state index contributed by atoms with van der Waals surface area (Å²) in [5.74, 6) is -0.853. The minimum atomic E-state index is -1.16. The van der Waals surface area contributed by atoms with Crippen LogP contribution in [0.2, 0.25) is 0 Å². The quantitative estimate of drug-likeness (QED) is 0.403. The van der Waals surface area contributed by atoms with Crippen LogP contribution in [0.3, 0.4) is 0 Å². The minimum Gasteiger partial charge on any atom is -0.452 e. The SMILES string of the molecule is CCCCCCCC[C@H](OC(=O)[C@@H](O)CCNC)C(C)=O. The van der Waals surface area contributed by atoms with Gasteiger partial charge in [0.25, 0.3) is 0 Å². The van der Waals surface area contributed by atoms with Gasteiger partial charge in [-0.2, -0.15) is 0 Å². The van der Waals surface area contributed by atoms with E-state index in [1.807, 2.05) is 0 Å². The van der Waals surface area contributed by atoms with Crippen molar-refractivity contribution in [3.63, 3.8) is 0 Å². The van der Waals surface area contributed by atoms with Gasteiger partial charge in [0.05, 0.1) is 0 Å². The highest BCUT2D eigenvalue weighted by Crippen LogP contribution is 2.12. The highest BCUT2D eigenvalue weighted by molar-refractivity contribution is 5.84. The number of ketones is 1. The van der Waals surface area contributed by atoms with Crippen LogP contribution in [0.5, 0.6) is 0 Å². The third-order valence-corrected chi connectivity index (χ3v) is 3.47. The second kappa shape index (κ2) is 12.8. The van der Waals surface area contributed by atoms with Crippen molar-refractivity contribution in [2.45, 2.75) is 77.4 Å². The van der Waals surface area contributed by atoms with Crippen molar-refractivity contribution in [2.24, 2.45) is 0 Å². The van der Waals surface area contributed by atoms with Crippen molar-refractivity contribution in [3.05, 3.63) is 0 Å². The zero-order valence-electron chi connectivity index (χ0n) is 13.7. The largest absolute Gasteiger partial charge is 0.452 e. The van der Waals surface area contributed by atoms with Crippen molar-refractivity contribution >= 4 is 11.8 Å². The van der Waals surface area contributed by atoms with E-state index in [0.717, 1.165) is 19.3 Å². The maximum Gasteiger partial charge on any atom is 0.335 e. The molecule has 0 aromatic rings. The second-order valence-electron chi connectivity index (χ2n) is 5.50. The minimum absolute atomic E-state index is 0.155. The Balaban J connectivity index is 4.01. The van der Waals surface area contributed by atoms with E-state index in [2.05, 4.69) is 12.2 Å². The molecule has 124 valence electrons. The molecule has 0 fully saturated rings. The van der Waals surface area contributed by atoms with E-state index in [9.17, 15) is 14.7 Å². The molecule has 0 aliphatic carbocycles. The predicted molar refractivity (Wildman–Crippen MR) is 83.1 cm³/mol. The summed E-state index contributed by atoms with van der Waals surface area (Å²) in [5.41, 5.74) is 0. The first-order chi connectivity index (χ1) is 10.0. The fraction of sp³-hybridized carbons (Fsp3) is 0.875. The van der Waals surface area contributed by atoms with E-state index in [1.165, 1.54) is 26.2 Å². The van der Waals surface area contributed by atoms with Crippen LogP contribution < -0.4 is 5.32 Å². The van der Waals surface area contributed by atoms with E-state index in [1.54, 1.807) is 7.05 Å². The van der Waals surface area contributed by atoms with Crippen LogP contribution in [0.1, 0.15) is 65.2 Å². The molecular weight excluding hydrogens is 270 g/mol. The van der Waals surface area contributed by atoms with Gasteiger partial charge in [0.1, 0.15) is 0 Å². The Morgan fingerprint density at radius 1 is 1.10 bits per heavy atom. The fourth-order valence-corrected chi connectivity index (χ4v) is 2.07. The first-order valence-electron chi connectivity index (χ1n) is 8.06. The van der Waals surface area contributed by atoms with Gasteiger partial charge in [-0.15, -0.1) is 0 Å². The summed E-state index contributed by atoms with van der Waals surface area (Å²) >= 11 is 0. The van der Waals surface area contributed by atoms with Crippen molar-refractivity contribution in [3.8, 4) is 0 Å². The number of carbonyl (C=O) groups excluding carboxylic acids is 2. The number of esters is 1. The van der Waals surface area contributed by atoms with E-state index >= 15 is 0 Å². The van der Waals surface area contributed by atoms with Gasteiger partial charge in [0.2, 0.25) is 0 Å². The molecule has 0 aromatic heterocycles. The smallest absolute Gasteiger partial charge is 0.335 e. The van der Waals surface area contributed by atoms with Gasteiger partial charge < -0.3 is 15.2 Å². The number of hydrogen-bond donors (Lipinski definition) is 2. The van der Waals surface area contributed by atoms with E-state index in [-0.39, 0.29) is 12.2 Å². The van der Waals surface area contributed by atoms with Crippen molar-refractivity contribution in [1.29, 1.82) is 0 Å². The summed E-state index contributed by atoms with van der Waals surface area (Å²) < 4.78 is 5.13. The topological polar surface area (TPSA) is 75.6 Å². The molecule has 2 atom stereocenters. The van der Waals surface area contributed by atoms with Crippen LogP contribution in [0, 0.1) is 0 Å². The van der Waals surface area contributed by atoms with Crippen molar-refractivity contribution < 1.29 is 19.4 Å². The van der Waals surface area contributed by atoms with Crippen LogP contribution in [0.15, 0.2) is 0 Å². The van der Waals surface area contributed by atoms with Crippen LogP contribution in [0.4, 0.5) is 0 Å². The molecule has 0 aromatic carbocycles. The van der Waals surface area contributed by atoms with Gasteiger partial charge in [-0.3, -0.25) is 4.79 Å². The lowest BCUT2D eigenvalue weighted by Crippen LogP contribution is -2.33. The third-order valence-electron chi connectivity index (χ3n) is 3.47. The molecule has 5 nitrogen and oxygen atoms in total. The first kappa shape index (κ1) is 20.1. The summed E-state index contributed by atoms with van der Waals surface area (Å²) in [6.07, 6.45) is 5.68. The zero-order chi connectivity index (χ0) is 16.1. The molecule has 2 N–H and O–H groups in total. The van der Waals surface area contributed by atoms with Crippen molar-refractivity contribution in [2.75, 3.05) is 13.6 Å². The monoisotopic (exact) mass is 301 g/mol. The number of rotatable bonds is 13. The maximum atomic E-state index is 11.7. The van der Waals surface area contributed by atoms with Gasteiger partial charge in [-0.1, -0.05) is 39.0 Å². The van der Waals surface area contributed by atoms with Crippen LogP contribution in [-0.2, 0) is 14.3 Å². The Hall–Kier alpha value is -0.940. The van der Waals surface area contributed by atoms with Crippen LogP contribution >= 0.6 is 0 Å². The molecule has 0 bridgehead atoms. The Morgan fingerprint density at radius 3 is 2.29 bits per heavy atom. The normalized spacial score (nSPS) is 13.7. The lowest BCUT2D eigenvalue weighted by Gasteiger charge is -2.17. The Morgan fingerprint density at radius 2 is 1.71 bits per heavy atom. The Labute approximate surface area is 128 Å².